The number of hydrogen-bond acceptors (Lipinski definition) is 10. The average Bonchev–Trinajstić information content (AvgIpc) is 3.37. The van der Waals surface area contributed by atoms with Crippen molar-refractivity contribution in [2.45, 2.75) is 238 Å². The molecule has 412 valence electrons. The summed E-state index contributed by atoms with van der Waals surface area (Å²) in [5.41, 5.74) is 0. The maximum absolute atomic E-state index is 12.9. The second-order valence-electron chi connectivity index (χ2n) is 18.3. The van der Waals surface area contributed by atoms with E-state index in [1.54, 1.807) is 0 Å². The molecular weight excluding hydrogens is 928 g/mol. The SMILES string of the molecule is CC/C=C\C/C=C\C/C=C\C/C=C\CCC(=O)OC(CO)COP(=O)(O)OCC(COC(=O)CCCCCCC/C=C\C/C=C\C/C=C\CC)OC(=O)CCCCCCCCC/C=C\CCCCCCCC. The van der Waals surface area contributed by atoms with E-state index in [4.69, 9.17) is 23.3 Å². The predicted octanol–water partition coefficient (Wildman–Crippen LogP) is 16.5. The molecule has 0 aromatic rings. The fraction of sp³-hybridized carbons (Fsp3) is 0.683. The van der Waals surface area contributed by atoms with Crippen LogP contribution in [0.15, 0.2) is 97.2 Å². The van der Waals surface area contributed by atoms with Gasteiger partial charge in [0.25, 0.3) is 0 Å². The average molecular weight is 1030 g/mol. The number of allylic oxidation sites excluding steroid dienone is 16. The Morgan fingerprint density at radius 2 is 0.750 bits per heavy atom. The van der Waals surface area contributed by atoms with E-state index < -0.39 is 57.8 Å². The molecule has 0 amide bonds. The van der Waals surface area contributed by atoms with Gasteiger partial charge in [0.2, 0.25) is 0 Å². The van der Waals surface area contributed by atoms with Crippen molar-refractivity contribution in [2.24, 2.45) is 0 Å². The van der Waals surface area contributed by atoms with Crippen LogP contribution in [0.1, 0.15) is 226 Å². The van der Waals surface area contributed by atoms with Crippen LogP contribution in [0.25, 0.3) is 0 Å². The topological polar surface area (TPSA) is 155 Å². The van der Waals surface area contributed by atoms with Gasteiger partial charge in [0.1, 0.15) is 12.7 Å². The van der Waals surface area contributed by atoms with Gasteiger partial charge in [-0.05, 0) is 103 Å². The molecule has 3 atom stereocenters. The van der Waals surface area contributed by atoms with Crippen LogP contribution >= 0.6 is 7.82 Å². The lowest BCUT2D eigenvalue weighted by Crippen LogP contribution is -2.30. The second kappa shape index (κ2) is 53.7. The summed E-state index contributed by atoms with van der Waals surface area (Å²) >= 11 is 0. The fourth-order valence-corrected chi connectivity index (χ4v) is 8.04. The van der Waals surface area contributed by atoms with Gasteiger partial charge in [-0.2, -0.15) is 0 Å². The Morgan fingerprint density at radius 1 is 0.403 bits per heavy atom. The number of phosphoric ester groups is 1. The first-order valence-electron chi connectivity index (χ1n) is 28.1. The summed E-state index contributed by atoms with van der Waals surface area (Å²) in [5.74, 6) is -1.58. The maximum Gasteiger partial charge on any atom is 0.472 e. The van der Waals surface area contributed by atoms with Gasteiger partial charge < -0.3 is 24.2 Å². The van der Waals surface area contributed by atoms with Crippen LogP contribution in [-0.2, 0) is 42.2 Å². The summed E-state index contributed by atoms with van der Waals surface area (Å²) in [5, 5.41) is 9.78. The molecule has 0 rings (SSSR count). The molecule has 0 aliphatic rings. The summed E-state index contributed by atoms with van der Waals surface area (Å²) in [6.45, 7) is 4.30. The number of phosphoric acid groups is 1. The molecule has 11 nitrogen and oxygen atoms in total. The molecule has 0 heterocycles. The number of hydrogen-bond donors (Lipinski definition) is 2. The molecule has 0 bridgehead atoms. The van der Waals surface area contributed by atoms with E-state index in [2.05, 4.69) is 106 Å². The van der Waals surface area contributed by atoms with Gasteiger partial charge in [0, 0.05) is 19.3 Å². The van der Waals surface area contributed by atoms with Crippen LogP contribution in [0.2, 0.25) is 0 Å². The van der Waals surface area contributed by atoms with Crippen molar-refractivity contribution in [1.29, 1.82) is 0 Å². The molecule has 2 N–H and O–H groups in total. The highest BCUT2D eigenvalue weighted by atomic mass is 31.2. The first-order valence-corrected chi connectivity index (χ1v) is 29.6. The molecular formula is C60H101O11P. The molecule has 0 spiro atoms. The Hall–Kier alpha value is -3.60. The lowest BCUT2D eigenvalue weighted by molar-refractivity contribution is -0.161. The summed E-state index contributed by atoms with van der Waals surface area (Å²) in [6.07, 6.45) is 62.4. The molecule has 0 aromatic carbocycles. The van der Waals surface area contributed by atoms with Crippen LogP contribution in [0.3, 0.4) is 0 Å². The molecule has 0 aliphatic heterocycles. The Morgan fingerprint density at radius 3 is 1.21 bits per heavy atom. The minimum atomic E-state index is -4.77. The number of ether oxygens (including phenoxy) is 3. The van der Waals surface area contributed by atoms with Crippen molar-refractivity contribution >= 4 is 25.7 Å². The second-order valence-corrected chi connectivity index (χ2v) is 19.8. The molecule has 12 heteroatoms. The van der Waals surface area contributed by atoms with Gasteiger partial charge in [-0.25, -0.2) is 4.57 Å². The van der Waals surface area contributed by atoms with Crippen LogP contribution in [0, 0.1) is 0 Å². The molecule has 0 fully saturated rings. The van der Waals surface area contributed by atoms with E-state index in [9.17, 15) is 28.9 Å². The van der Waals surface area contributed by atoms with Crippen LogP contribution in [0.5, 0.6) is 0 Å². The highest BCUT2D eigenvalue weighted by Crippen LogP contribution is 2.43. The molecule has 0 saturated heterocycles. The van der Waals surface area contributed by atoms with E-state index in [0.29, 0.717) is 19.3 Å². The lowest BCUT2D eigenvalue weighted by atomic mass is 10.1. The lowest BCUT2D eigenvalue weighted by Gasteiger charge is -2.21. The zero-order valence-corrected chi connectivity index (χ0v) is 46.3. The third-order valence-corrected chi connectivity index (χ3v) is 12.4. The minimum absolute atomic E-state index is 0.0511. The van der Waals surface area contributed by atoms with Crippen molar-refractivity contribution in [2.75, 3.05) is 26.4 Å². The predicted molar refractivity (Wildman–Crippen MR) is 297 cm³/mol. The number of unbranched alkanes of at least 4 members (excludes halogenated alkanes) is 18. The highest BCUT2D eigenvalue weighted by Gasteiger charge is 2.28. The van der Waals surface area contributed by atoms with Gasteiger partial charge in [-0.1, -0.05) is 201 Å². The Bertz CT molecular complexity index is 1580. The minimum Gasteiger partial charge on any atom is -0.462 e. The Kier molecular flexibility index (Phi) is 51.0. The number of rotatable bonds is 51. The zero-order chi connectivity index (χ0) is 52.7. The largest absolute Gasteiger partial charge is 0.472 e. The third-order valence-electron chi connectivity index (χ3n) is 11.5. The summed E-state index contributed by atoms with van der Waals surface area (Å²) in [7, 11) is -4.77. The van der Waals surface area contributed by atoms with Gasteiger partial charge in [-0.15, -0.1) is 0 Å². The van der Waals surface area contributed by atoms with Crippen LogP contribution in [0.4, 0.5) is 0 Å². The van der Waals surface area contributed by atoms with Gasteiger partial charge in [0.05, 0.1) is 19.8 Å². The van der Waals surface area contributed by atoms with Crippen molar-refractivity contribution in [1.82, 2.24) is 0 Å². The van der Waals surface area contributed by atoms with E-state index in [1.807, 2.05) is 12.2 Å². The van der Waals surface area contributed by atoms with Crippen molar-refractivity contribution in [3.8, 4) is 0 Å². The number of aliphatic hydroxyl groups excluding tert-OH is 1. The number of carbonyl (C=O) groups is 3. The molecule has 0 aromatic heterocycles. The van der Waals surface area contributed by atoms with E-state index >= 15 is 0 Å². The van der Waals surface area contributed by atoms with Crippen molar-refractivity contribution in [3.05, 3.63) is 97.2 Å². The number of aliphatic hydroxyl groups is 1. The Balaban J connectivity index is 4.83. The quantitative estimate of drug-likeness (QED) is 0.0197. The zero-order valence-electron chi connectivity index (χ0n) is 45.4. The first kappa shape index (κ1) is 68.4. The van der Waals surface area contributed by atoms with E-state index in [1.165, 1.54) is 57.8 Å². The monoisotopic (exact) mass is 1030 g/mol. The van der Waals surface area contributed by atoms with Gasteiger partial charge in [-0.3, -0.25) is 23.4 Å². The standard InChI is InChI=1S/C60H101O11P/c1-4-7-10-13-16-19-22-25-27-28-30-33-36-39-42-45-48-51-60(64)71-57(53-67-58(62)49-46-43-40-37-34-32-29-26-23-20-17-14-11-8-5-2)55-69-72(65,66)68-54-56(52-61)70-59(63)50-47-44-41-38-35-31-24-21-18-15-12-9-6-3/h8-9,11-12,17-18,20-21,25-27,29,31,35,41,44,56-57,61H,4-7,10,13-16,19,22-24,28,30,32-34,36-40,42-43,45-55H2,1-3H3,(H,65,66)/b11-8-,12-9-,20-17-,21-18-,27-25-,29-26-,35-31-,44-41-. The van der Waals surface area contributed by atoms with Crippen molar-refractivity contribution in [3.63, 3.8) is 0 Å². The van der Waals surface area contributed by atoms with E-state index in [-0.39, 0.29) is 25.9 Å². The highest BCUT2D eigenvalue weighted by molar-refractivity contribution is 7.47. The van der Waals surface area contributed by atoms with E-state index in [0.717, 1.165) is 109 Å². The normalized spacial score (nSPS) is 14.1. The Labute approximate surface area is 438 Å². The fourth-order valence-electron chi connectivity index (χ4n) is 7.26. The molecule has 0 aliphatic carbocycles. The number of carbonyl (C=O) groups excluding carboxylic acids is 3. The summed E-state index contributed by atoms with van der Waals surface area (Å²) < 4.78 is 39.4. The van der Waals surface area contributed by atoms with Gasteiger partial charge >= 0.3 is 25.7 Å². The molecule has 3 unspecified atom stereocenters. The van der Waals surface area contributed by atoms with Crippen molar-refractivity contribution < 1.29 is 52.2 Å². The molecule has 72 heavy (non-hydrogen) atoms. The first-order chi connectivity index (χ1) is 35.2. The smallest absolute Gasteiger partial charge is 0.462 e. The van der Waals surface area contributed by atoms with Crippen LogP contribution < -0.4 is 0 Å². The van der Waals surface area contributed by atoms with Gasteiger partial charge in [0.15, 0.2) is 6.10 Å². The molecule has 0 radical (unpaired) electrons. The third kappa shape index (κ3) is 51.3. The summed E-state index contributed by atoms with van der Waals surface area (Å²) in [4.78, 5) is 48.4. The summed E-state index contributed by atoms with van der Waals surface area (Å²) in [6, 6.07) is 0. The molecule has 0 saturated carbocycles. The number of esters is 3. The van der Waals surface area contributed by atoms with Crippen LogP contribution in [-0.4, -0.2) is 66.5 Å². The maximum atomic E-state index is 12.9.